The van der Waals surface area contributed by atoms with Crippen molar-refractivity contribution in [3.8, 4) is 0 Å². The van der Waals surface area contributed by atoms with Crippen molar-refractivity contribution in [3.05, 3.63) is 36.6 Å². The van der Waals surface area contributed by atoms with Gasteiger partial charge in [0.05, 0.1) is 11.8 Å². The van der Waals surface area contributed by atoms with Gasteiger partial charge in [0.2, 0.25) is 0 Å². The molecule has 1 atom stereocenters. The van der Waals surface area contributed by atoms with Gasteiger partial charge in [-0.1, -0.05) is 18.7 Å². The van der Waals surface area contributed by atoms with E-state index in [1.54, 1.807) is 19.1 Å². The second kappa shape index (κ2) is 6.06. The van der Waals surface area contributed by atoms with Gasteiger partial charge in [-0.3, -0.25) is 0 Å². The van der Waals surface area contributed by atoms with Crippen molar-refractivity contribution >= 4 is 5.97 Å². The number of carboxylic acid groups (broad SMARTS) is 1. The van der Waals surface area contributed by atoms with Crippen LogP contribution in [0.25, 0.3) is 0 Å². The molecule has 0 radical (unpaired) electrons. The van der Waals surface area contributed by atoms with Crippen molar-refractivity contribution < 1.29 is 14.6 Å². The molecule has 1 unspecified atom stereocenters. The maximum atomic E-state index is 10.4. The van der Waals surface area contributed by atoms with E-state index in [0.717, 1.165) is 0 Å². The van der Waals surface area contributed by atoms with Crippen LogP contribution < -0.4 is 0 Å². The highest BCUT2D eigenvalue weighted by molar-refractivity contribution is 5.86. The Morgan fingerprint density at radius 1 is 1.54 bits per heavy atom. The minimum atomic E-state index is -1.04. The first kappa shape index (κ1) is 11.5. The molecule has 3 nitrogen and oxygen atoms in total. The zero-order chi connectivity index (χ0) is 10.3. The molecule has 0 aromatic carbocycles. The molecule has 1 N–H and O–H groups in total. The molecular formula is C10H14O3. The van der Waals surface area contributed by atoms with E-state index in [-0.39, 0.29) is 5.57 Å². The van der Waals surface area contributed by atoms with Gasteiger partial charge >= 0.3 is 5.97 Å². The lowest BCUT2D eigenvalue weighted by atomic mass is 10.2. The van der Waals surface area contributed by atoms with Crippen molar-refractivity contribution in [3.63, 3.8) is 0 Å². The quantitative estimate of drug-likeness (QED) is 0.402. The molecule has 0 saturated carbocycles. The van der Waals surface area contributed by atoms with Crippen LogP contribution in [0, 0.1) is 0 Å². The topological polar surface area (TPSA) is 46.5 Å². The zero-order valence-corrected chi connectivity index (χ0v) is 7.86. The molecule has 0 rings (SSSR count). The van der Waals surface area contributed by atoms with E-state index in [1.807, 2.05) is 13.0 Å². The van der Waals surface area contributed by atoms with Gasteiger partial charge in [-0.2, -0.15) is 0 Å². The first-order chi connectivity index (χ1) is 6.09. The number of carboxylic acids is 1. The van der Waals surface area contributed by atoms with E-state index in [1.165, 1.54) is 6.26 Å². The van der Waals surface area contributed by atoms with Gasteiger partial charge in [0.15, 0.2) is 0 Å². The van der Waals surface area contributed by atoms with Gasteiger partial charge in [0.1, 0.15) is 6.10 Å². The van der Waals surface area contributed by atoms with E-state index in [9.17, 15) is 4.79 Å². The Kier molecular flexibility index (Phi) is 5.35. The van der Waals surface area contributed by atoms with Crippen molar-refractivity contribution in [1.82, 2.24) is 0 Å². The molecule has 0 heterocycles. The number of ether oxygens (including phenoxy) is 1. The first-order valence-electron chi connectivity index (χ1n) is 3.95. The van der Waals surface area contributed by atoms with Crippen molar-refractivity contribution in [2.24, 2.45) is 0 Å². The summed E-state index contributed by atoms with van der Waals surface area (Å²) < 4.78 is 5.05. The molecular weight excluding hydrogens is 168 g/mol. The molecule has 0 amide bonds. The number of hydrogen-bond acceptors (Lipinski definition) is 2. The third kappa shape index (κ3) is 4.85. The van der Waals surface area contributed by atoms with Crippen LogP contribution >= 0.6 is 0 Å². The fraction of sp³-hybridized carbons (Fsp3) is 0.300. The number of rotatable bonds is 5. The van der Waals surface area contributed by atoms with E-state index in [4.69, 9.17) is 9.84 Å². The van der Waals surface area contributed by atoms with Gasteiger partial charge in [-0.15, -0.1) is 0 Å². The van der Waals surface area contributed by atoms with E-state index < -0.39 is 12.1 Å². The summed E-state index contributed by atoms with van der Waals surface area (Å²) in [5.41, 5.74) is 0.0464. The fourth-order valence-corrected chi connectivity index (χ4v) is 0.576. The van der Waals surface area contributed by atoms with Crippen LogP contribution in [-0.4, -0.2) is 17.2 Å². The van der Waals surface area contributed by atoms with Crippen molar-refractivity contribution in [2.75, 3.05) is 0 Å². The standard InChI is InChI=1S/C10H14O3/c1-4-5-6-7-13-9(3)8(2)10(11)12/h4-7,9H,2H2,1,3H3,(H,11,12). The van der Waals surface area contributed by atoms with Crippen LogP contribution in [0.3, 0.4) is 0 Å². The SMILES string of the molecule is C=C(C(=O)O)C(C)OC=CC=CC. The predicted molar refractivity (Wildman–Crippen MR) is 51.3 cm³/mol. The summed E-state index contributed by atoms with van der Waals surface area (Å²) >= 11 is 0. The summed E-state index contributed by atoms with van der Waals surface area (Å²) in [5, 5.41) is 8.54. The Morgan fingerprint density at radius 3 is 2.62 bits per heavy atom. The van der Waals surface area contributed by atoms with Crippen LogP contribution in [0.15, 0.2) is 36.6 Å². The monoisotopic (exact) mass is 182 g/mol. The third-order valence-corrected chi connectivity index (χ3v) is 1.43. The van der Waals surface area contributed by atoms with Gasteiger partial charge in [0.25, 0.3) is 0 Å². The Morgan fingerprint density at radius 2 is 2.15 bits per heavy atom. The van der Waals surface area contributed by atoms with Gasteiger partial charge in [0, 0.05) is 0 Å². The molecule has 0 aliphatic heterocycles. The maximum absolute atomic E-state index is 10.4. The molecule has 0 fully saturated rings. The second-order valence-corrected chi connectivity index (χ2v) is 2.46. The number of hydrogen-bond donors (Lipinski definition) is 1. The molecule has 0 bridgehead atoms. The molecule has 13 heavy (non-hydrogen) atoms. The number of carbonyl (C=O) groups is 1. The van der Waals surface area contributed by atoms with Crippen LogP contribution in [0.1, 0.15) is 13.8 Å². The lowest BCUT2D eigenvalue weighted by Crippen LogP contribution is -2.14. The highest BCUT2D eigenvalue weighted by Gasteiger charge is 2.12. The summed E-state index contributed by atoms with van der Waals surface area (Å²) in [4.78, 5) is 10.4. The Labute approximate surface area is 78.0 Å². The van der Waals surface area contributed by atoms with Gasteiger partial charge < -0.3 is 9.84 Å². The lowest BCUT2D eigenvalue weighted by molar-refractivity contribution is -0.133. The highest BCUT2D eigenvalue weighted by Crippen LogP contribution is 2.04. The molecule has 0 aliphatic carbocycles. The van der Waals surface area contributed by atoms with Crippen molar-refractivity contribution in [1.29, 1.82) is 0 Å². The van der Waals surface area contributed by atoms with Crippen molar-refractivity contribution in [2.45, 2.75) is 20.0 Å². The fourth-order valence-electron chi connectivity index (χ4n) is 0.576. The lowest BCUT2D eigenvalue weighted by Gasteiger charge is -2.09. The molecule has 72 valence electrons. The summed E-state index contributed by atoms with van der Waals surface area (Å²) in [5.74, 6) is -1.04. The first-order valence-corrected chi connectivity index (χ1v) is 3.95. The van der Waals surface area contributed by atoms with Crippen LogP contribution in [0.2, 0.25) is 0 Å². The normalized spacial score (nSPS) is 13.4. The van der Waals surface area contributed by atoms with E-state index in [2.05, 4.69) is 6.58 Å². The average molecular weight is 182 g/mol. The van der Waals surface area contributed by atoms with Crippen LogP contribution in [0.5, 0.6) is 0 Å². The predicted octanol–water partition coefficient (Wildman–Crippen LogP) is 2.12. The molecule has 3 heteroatoms. The van der Waals surface area contributed by atoms with Gasteiger partial charge in [-0.05, 0) is 19.9 Å². The summed E-state index contributed by atoms with van der Waals surface area (Å²) in [6, 6.07) is 0. The minimum absolute atomic E-state index is 0.0464. The molecule has 0 aromatic heterocycles. The Balaban J connectivity index is 3.94. The van der Waals surface area contributed by atoms with Gasteiger partial charge in [-0.25, -0.2) is 4.79 Å². The molecule has 0 aromatic rings. The molecule has 0 saturated heterocycles. The minimum Gasteiger partial charge on any atom is -0.493 e. The largest absolute Gasteiger partial charge is 0.493 e. The smallest absolute Gasteiger partial charge is 0.334 e. The van der Waals surface area contributed by atoms with Crippen LogP contribution in [-0.2, 0) is 9.53 Å². The second-order valence-electron chi connectivity index (χ2n) is 2.46. The number of allylic oxidation sites excluding steroid dienone is 3. The van der Waals surface area contributed by atoms with E-state index in [0.29, 0.717) is 0 Å². The Bertz CT molecular complexity index is 239. The number of aliphatic carboxylic acids is 1. The Hall–Kier alpha value is -1.51. The third-order valence-electron chi connectivity index (χ3n) is 1.43. The molecule has 0 aliphatic rings. The highest BCUT2D eigenvalue weighted by atomic mass is 16.5. The summed E-state index contributed by atoms with van der Waals surface area (Å²) in [7, 11) is 0. The maximum Gasteiger partial charge on any atom is 0.334 e. The molecule has 0 spiro atoms. The average Bonchev–Trinajstić information content (AvgIpc) is 2.10. The zero-order valence-electron chi connectivity index (χ0n) is 7.86. The summed E-state index contributed by atoms with van der Waals surface area (Å²) in [6.07, 6.45) is 6.26. The van der Waals surface area contributed by atoms with Crippen LogP contribution in [0.4, 0.5) is 0 Å². The summed E-state index contributed by atoms with van der Waals surface area (Å²) in [6.45, 7) is 6.89. The van der Waals surface area contributed by atoms with E-state index >= 15 is 0 Å².